The highest BCUT2D eigenvalue weighted by atomic mass is 35.5. The fourth-order valence-electron chi connectivity index (χ4n) is 3.56. The van der Waals surface area contributed by atoms with Gasteiger partial charge in [-0.3, -0.25) is 9.48 Å². The first kappa shape index (κ1) is 16.9. The van der Waals surface area contributed by atoms with Gasteiger partial charge in [-0.05, 0) is 12.1 Å². The zero-order valence-corrected chi connectivity index (χ0v) is 15.4. The zero-order chi connectivity index (χ0) is 19.4. The molecule has 0 bridgehead atoms. The predicted octanol–water partition coefficient (Wildman–Crippen LogP) is 2.86. The minimum absolute atomic E-state index is 0.234. The SMILES string of the molecule is Cn1nc(Cl)cc1C(=O)N1CCc2[nH]cnc2[C@H]1c1nc2cc(F)ccc2o1. The summed E-state index contributed by atoms with van der Waals surface area (Å²) in [7, 11) is 1.65. The van der Waals surface area contributed by atoms with Crippen LogP contribution in [0.25, 0.3) is 11.1 Å². The summed E-state index contributed by atoms with van der Waals surface area (Å²) in [6, 6.07) is 4.99. The molecule has 5 rings (SSSR count). The molecule has 0 fully saturated rings. The summed E-state index contributed by atoms with van der Waals surface area (Å²) < 4.78 is 20.9. The molecule has 1 atom stereocenters. The Hall–Kier alpha value is -3.20. The van der Waals surface area contributed by atoms with Gasteiger partial charge in [0.25, 0.3) is 5.91 Å². The van der Waals surface area contributed by atoms with E-state index >= 15 is 0 Å². The third kappa shape index (κ3) is 2.58. The number of amides is 1. The first-order valence-electron chi connectivity index (χ1n) is 8.60. The van der Waals surface area contributed by atoms with Gasteiger partial charge >= 0.3 is 0 Å². The number of carbonyl (C=O) groups excluding carboxylic acids is 1. The van der Waals surface area contributed by atoms with E-state index < -0.39 is 11.9 Å². The number of hydrogen-bond donors (Lipinski definition) is 1. The number of oxazole rings is 1. The van der Waals surface area contributed by atoms with Crippen molar-refractivity contribution in [2.45, 2.75) is 12.5 Å². The Balaban J connectivity index is 1.64. The summed E-state index contributed by atoms with van der Waals surface area (Å²) in [6.07, 6.45) is 2.19. The Morgan fingerprint density at radius 2 is 2.25 bits per heavy atom. The van der Waals surface area contributed by atoms with Crippen LogP contribution in [0.1, 0.15) is 33.8 Å². The lowest BCUT2D eigenvalue weighted by atomic mass is 10.0. The highest BCUT2D eigenvalue weighted by Crippen LogP contribution is 2.35. The van der Waals surface area contributed by atoms with Crippen molar-refractivity contribution in [3.8, 4) is 0 Å². The first-order valence-corrected chi connectivity index (χ1v) is 8.97. The molecule has 0 saturated carbocycles. The molecule has 0 radical (unpaired) electrons. The quantitative estimate of drug-likeness (QED) is 0.558. The number of aryl methyl sites for hydroxylation is 1. The first-order chi connectivity index (χ1) is 13.5. The van der Waals surface area contributed by atoms with Gasteiger partial charge in [0.1, 0.15) is 17.0 Å². The average molecular weight is 401 g/mol. The van der Waals surface area contributed by atoms with Crippen LogP contribution >= 0.6 is 11.6 Å². The molecular formula is C18H14ClFN6O2. The molecule has 1 aliphatic rings. The Morgan fingerprint density at radius 1 is 1.39 bits per heavy atom. The van der Waals surface area contributed by atoms with E-state index in [0.717, 1.165) is 5.69 Å². The molecule has 142 valence electrons. The monoisotopic (exact) mass is 400 g/mol. The molecule has 0 unspecified atom stereocenters. The highest BCUT2D eigenvalue weighted by Gasteiger charge is 2.38. The number of rotatable bonds is 2. The minimum atomic E-state index is -0.647. The number of nitrogens with one attached hydrogen (secondary N) is 1. The van der Waals surface area contributed by atoms with Crippen LogP contribution in [0.5, 0.6) is 0 Å². The van der Waals surface area contributed by atoms with Gasteiger partial charge in [-0.15, -0.1) is 0 Å². The van der Waals surface area contributed by atoms with Crippen LogP contribution < -0.4 is 0 Å². The number of nitrogens with zero attached hydrogens (tertiary/aromatic N) is 5. The summed E-state index contributed by atoms with van der Waals surface area (Å²) in [5.41, 5.74) is 2.73. The number of halogens is 2. The maximum Gasteiger partial charge on any atom is 0.273 e. The van der Waals surface area contributed by atoms with Gasteiger partial charge in [-0.25, -0.2) is 14.4 Å². The van der Waals surface area contributed by atoms with E-state index in [1.807, 2.05) is 0 Å². The summed E-state index contributed by atoms with van der Waals surface area (Å²) in [5, 5.41) is 4.27. The van der Waals surface area contributed by atoms with Crippen molar-refractivity contribution < 1.29 is 13.6 Å². The summed E-state index contributed by atoms with van der Waals surface area (Å²) in [5.74, 6) is -0.404. The second kappa shape index (κ2) is 6.16. The Morgan fingerprint density at radius 3 is 3.04 bits per heavy atom. The Kier molecular flexibility index (Phi) is 3.73. The Labute approximate surface area is 162 Å². The molecule has 0 spiro atoms. The molecule has 8 nitrogen and oxygen atoms in total. The second-order valence-electron chi connectivity index (χ2n) is 6.56. The lowest BCUT2D eigenvalue weighted by molar-refractivity contribution is 0.0656. The molecular weight excluding hydrogens is 387 g/mol. The number of imidazole rings is 1. The predicted molar refractivity (Wildman–Crippen MR) is 97.4 cm³/mol. The Bertz CT molecular complexity index is 1210. The third-order valence-electron chi connectivity index (χ3n) is 4.86. The molecule has 10 heteroatoms. The van der Waals surface area contributed by atoms with E-state index in [2.05, 4.69) is 20.1 Å². The normalized spacial score (nSPS) is 16.5. The number of benzene rings is 1. The molecule has 4 heterocycles. The number of aromatic nitrogens is 5. The number of hydrogen-bond acceptors (Lipinski definition) is 5. The molecule has 3 aromatic heterocycles. The van der Waals surface area contributed by atoms with Gasteiger partial charge in [-0.1, -0.05) is 11.6 Å². The summed E-state index contributed by atoms with van der Waals surface area (Å²) in [4.78, 5) is 26.8. The molecule has 0 aliphatic carbocycles. The van der Waals surface area contributed by atoms with Crippen molar-refractivity contribution in [1.29, 1.82) is 0 Å². The van der Waals surface area contributed by atoms with Gasteiger partial charge in [0.05, 0.1) is 12.0 Å². The fourth-order valence-corrected chi connectivity index (χ4v) is 3.78. The smallest absolute Gasteiger partial charge is 0.273 e. The van der Waals surface area contributed by atoms with E-state index in [9.17, 15) is 9.18 Å². The zero-order valence-electron chi connectivity index (χ0n) is 14.7. The van der Waals surface area contributed by atoms with E-state index in [1.54, 1.807) is 18.3 Å². The van der Waals surface area contributed by atoms with Gasteiger partial charge in [0.15, 0.2) is 16.8 Å². The molecule has 4 aromatic rings. The molecule has 1 amide bonds. The molecule has 1 aromatic carbocycles. The van der Waals surface area contributed by atoms with Crippen LogP contribution in [-0.2, 0) is 13.5 Å². The molecule has 1 N–H and O–H groups in total. The molecule has 28 heavy (non-hydrogen) atoms. The van der Waals surface area contributed by atoms with Crippen molar-refractivity contribution in [3.63, 3.8) is 0 Å². The van der Waals surface area contributed by atoms with Crippen molar-refractivity contribution in [2.75, 3.05) is 6.54 Å². The van der Waals surface area contributed by atoms with Crippen LogP contribution in [0.15, 0.2) is 35.0 Å². The average Bonchev–Trinajstić information content (AvgIpc) is 3.37. The maximum atomic E-state index is 13.6. The van der Waals surface area contributed by atoms with Gasteiger partial charge in [-0.2, -0.15) is 5.10 Å². The largest absolute Gasteiger partial charge is 0.438 e. The topological polar surface area (TPSA) is 92.8 Å². The van der Waals surface area contributed by atoms with Crippen molar-refractivity contribution >= 4 is 28.6 Å². The van der Waals surface area contributed by atoms with Crippen LogP contribution in [0.2, 0.25) is 5.15 Å². The number of carbonyl (C=O) groups is 1. The lowest BCUT2D eigenvalue weighted by Crippen LogP contribution is -2.41. The van der Waals surface area contributed by atoms with E-state index in [-0.39, 0.29) is 17.0 Å². The molecule has 1 aliphatic heterocycles. The lowest BCUT2D eigenvalue weighted by Gasteiger charge is -2.32. The van der Waals surface area contributed by atoms with Crippen LogP contribution in [0.3, 0.4) is 0 Å². The van der Waals surface area contributed by atoms with Crippen molar-refractivity contribution in [1.82, 2.24) is 29.6 Å². The van der Waals surface area contributed by atoms with Crippen LogP contribution in [0.4, 0.5) is 4.39 Å². The minimum Gasteiger partial charge on any atom is -0.438 e. The van der Waals surface area contributed by atoms with Crippen molar-refractivity contribution in [3.05, 3.63) is 64.5 Å². The fraction of sp³-hybridized carbons (Fsp3) is 0.222. The number of fused-ring (bicyclic) bond motifs is 2. The van der Waals surface area contributed by atoms with Crippen molar-refractivity contribution in [2.24, 2.45) is 7.05 Å². The van der Waals surface area contributed by atoms with Crippen LogP contribution in [-0.4, -0.2) is 42.1 Å². The number of aromatic amines is 1. The van der Waals surface area contributed by atoms with Gasteiger partial charge in [0.2, 0.25) is 5.89 Å². The number of H-pyrrole nitrogens is 1. The summed E-state index contributed by atoms with van der Waals surface area (Å²) >= 11 is 5.95. The third-order valence-corrected chi connectivity index (χ3v) is 5.04. The summed E-state index contributed by atoms with van der Waals surface area (Å²) in [6.45, 7) is 0.425. The van der Waals surface area contributed by atoms with E-state index in [0.29, 0.717) is 35.5 Å². The van der Waals surface area contributed by atoms with Crippen LogP contribution in [0, 0.1) is 5.82 Å². The van der Waals surface area contributed by atoms with E-state index in [4.69, 9.17) is 16.0 Å². The second-order valence-corrected chi connectivity index (χ2v) is 6.94. The maximum absolute atomic E-state index is 13.6. The van der Waals surface area contributed by atoms with E-state index in [1.165, 1.54) is 28.9 Å². The highest BCUT2D eigenvalue weighted by molar-refractivity contribution is 6.29. The molecule has 0 saturated heterocycles. The van der Waals surface area contributed by atoms with Gasteiger partial charge < -0.3 is 14.3 Å². The van der Waals surface area contributed by atoms with Gasteiger partial charge in [0, 0.05) is 37.8 Å². The standard InChI is InChI=1S/C18H14ClFN6O2/c1-25-12(7-14(19)24-25)18(27)26-5-4-10-15(22-8-21-10)16(26)17-23-11-6-9(20)2-3-13(11)28-17/h2-3,6-8,16H,4-5H2,1H3,(H,21,22)/t16-/m0/s1.